The summed E-state index contributed by atoms with van der Waals surface area (Å²) < 4.78 is 5.14. The van der Waals surface area contributed by atoms with Crippen LogP contribution in [0.5, 0.6) is 5.75 Å². The van der Waals surface area contributed by atoms with E-state index >= 15 is 0 Å². The van der Waals surface area contributed by atoms with Gasteiger partial charge in [0.2, 0.25) is 0 Å². The van der Waals surface area contributed by atoms with E-state index in [1.54, 1.807) is 33.3 Å². The zero-order valence-electron chi connectivity index (χ0n) is 13.2. The van der Waals surface area contributed by atoms with E-state index in [-0.39, 0.29) is 0 Å². The minimum Gasteiger partial charge on any atom is -0.495 e. The lowest BCUT2D eigenvalue weighted by molar-refractivity contribution is 0.413. The number of thioether (sulfide) groups is 1. The molecular weight excluding hydrogens is 312 g/mol. The molecule has 0 aliphatic rings. The molecule has 2 rings (SSSR count). The molecule has 120 valence electrons. The molecule has 0 atom stereocenters. The largest absolute Gasteiger partial charge is 0.495 e. The smallest absolute Gasteiger partial charge is 0.191 e. The first kappa shape index (κ1) is 16.7. The Bertz CT molecular complexity index is 718. The van der Waals surface area contributed by atoms with Gasteiger partial charge < -0.3 is 21.1 Å². The molecule has 4 N–H and O–H groups in total. The van der Waals surface area contributed by atoms with Crippen molar-refractivity contribution < 1.29 is 4.74 Å². The highest BCUT2D eigenvalue weighted by Crippen LogP contribution is 2.29. The van der Waals surface area contributed by atoms with Crippen molar-refractivity contribution in [2.75, 3.05) is 37.6 Å². The number of nitrogens with two attached hydrogens (primary N) is 1. The Hall–Kier alpha value is -2.66. The SMILES string of the molecule is CNc1nc(SCc2ccc(OC)c(C#N)c2)nc(NC)c1N. The zero-order valence-corrected chi connectivity index (χ0v) is 14.0. The van der Waals surface area contributed by atoms with Gasteiger partial charge in [0.1, 0.15) is 17.5 Å². The summed E-state index contributed by atoms with van der Waals surface area (Å²) in [5.74, 6) is 2.37. The molecule has 8 heteroatoms. The standard InChI is InChI=1S/C15H18N6OS/c1-18-13-12(17)14(19-2)21-15(20-13)23-8-9-4-5-11(22-3)10(6-9)7-16/h4-6H,8,17H2,1-3H3,(H2,18,19,20,21). The zero-order chi connectivity index (χ0) is 16.8. The monoisotopic (exact) mass is 330 g/mol. The molecule has 0 aliphatic carbocycles. The molecule has 1 aromatic carbocycles. The van der Waals surface area contributed by atoms with Crippen molar-refractivity contribution in [2.45, 2.75) is 10.9 Å². The second-order valence-corrected chi connectivity index (χ2v) is 5.49. The molecule has 0 amide bonds. The molecule has 1 heterocycles. The second kappa shape index (κ2) is 7.56. The minimum atomic E-state index is 0.482. The first-order valence-electron chi connectivity index (χ1n) is 6.85. The summed E-state index contributed by atoms with van der Waals surface area (Å²) in [5, 5.41) is 15.6. The van der Waals surface area contributed by atoms with Gasteiger partial charge in [0.25, 0.3) is 0 Å². The highest BCUT2D eigenvalue weighted by molar-refractivity contribution is 7.98. The highest BCUT2D eigenvalue weighted by atomic mass is 32.2. The van der Waals surface area contributed by atoms with E-state index in [0.29, 0.717) is 39.5 Å². The molecule has 23 heavy (non-hydrogen) atoms. The summed E-state index contributed by atoms with van der Waals surface area (Å²) in [4.78, 5) is 8.75. The Balaban J connectivity index is 2.19. The van der Waals surface area contributed by atoms with Crippen LogP contribution in [-0.4, -0.2) is 31.2 Å². The quantitative estimate of drug-likeness (QED) is 0.547. The molecule has 0 saturated carbocycles. The molecule has 0 unspecified atom stereocenters. The van der Waals surface area contributed by atoms with Gasteiger partial charge in [-0.2, -0.15) is 5.26 Å². The molecule has 7 nitrogen and oxygen atoms in total. The predicted octanol–water partition coefficient (Wildman–Crippen LogP) is 2.31. The summed E-state index contributed by atoms with van der Waals surface area (Å²) in [6.07, 6.45) is 0. The average molecular weight is 330 g/mol. The average Bonchev–Trinajstić information content (AvgIpc) is 2.60. The van der Waals surface area contributed by atoms with Crippen LogP contribution in [0.3, 0.4) is 0 Å². The number of methoxy groups -OCH3 is 1. The van der Waals surface area contributed by atoms with Crippen LogP contribution in [0, 0.1) is 11.3 Å². The molecule has 0 radical (unpaired) electrons. The summed E-state index contributed by atoms with van der Waals surface area (Å²) in [7, 11) is 5.07. The number of aromatic nitrogens is 2. The Morgan fingerprint density at radius 1 is 1.26 bits per heavy atom. The normalized spacial score (nSPS) is 10.0. The maximum atomic E-state index is 9.13. The van der Waals surface area contributed by atoms with Crippen LogP contribution in [0.4, 0.5) is 17.3 Å². The summed E-state index contributed by atoms with van der Waals surface area (Å²) in [6.45, 7) is 0. The number of hydrogen-bond acceptors (Lipinski definition) is 8. The van der Waals surface area contributed by atoms with Gasteiger partial charge in [0.05, 0.1) is 12.7 Å². The fraction of sp³-hybridized carbons (Fsp3) is 0.267. The van der Waals surface area contributed by atoms with E-state index in [9.17, 15) is 0 Å². The van der Waals surface area contributed by atoms with E-state index in [1.165, 1.54) is 11.8 Å². The van der Waals surface area contributed by atoms with Crippen molar-refractivity contribution in [1.29, 1.82) is 5.26 Å². The Kier molecular flexibility index (Phi) is 5.49. The lowest BCUT2D eigenvalue weighted by Crippen LogP contribution is -2.06. The molecule has 1 aromatic heterocycles. The number of hydrogen-bond donors (Lipinski definition) is 3. The van der Waals surface area contributed by atoms with Crippen molar-refractivity contribution in [2.24, 2.45) is 0 Å². The van der Waals surface area contributed by atoms with Gasteiger partial charge in [-0.15, -0.1) is 0 Å². The van der Waals surface area contributed by atoms with Gasteiger partial charge >= 0.3 is 0 Å². The van der Waals surface area contributed by atoms with Gasteiger partial charge in [-0.1, -0.05) is 17.8 Å². The van der Waals surface area contributed by atoms with Crippen LogP contribution in [0.2, 0.25) is 0 Å². The molecule has 0 bridgehead atoms. The number of ether oxygens (including phenoxy) is 1. The Morgan fingerprint density at radius 2 is 1.91 bits per heavy atom. The number of nitrogen functional groups attached to an aromatic ring is 1. The van der Waals surface area contributed by atoms with E-state index in [1.807, 2.05) is 6.07 Å². The summed E-state index contributed by atoms with van der Waals surface area (Å²) >= 11 is 1.47. The van der Waals surface area contributed by atoms with Gasteiger partial charge in [0.15, 0.2) is 16.8 Å². The first-order chi connectivity index (χ1) is 11.1. The number of benzene rings is 1. The number of rotatable bonds is 6. The maximum Gasteiger partial charge on any atom is 0.191 e. The van der Waals surface area contributed by atoms with Crippen LogP contribution in [0.15, 0.2) is 23.4 Å². The predicted molar refractivity (Wildman–Crippen MR) is 92.8 cm³/mol. The van der Waals surface area contributed by atoms with Crippen molar-refractivity contribution in [3.8, 4) is 11.8 Å². The van der Waals surface area contributed by atoms with Crippen LogP contribution in [-0.2, 0) is 5.75 Å². The fourth-order valence-corrected chi connectivity index (χ4v) is 2.76. The van der Waals surface area contributed by atoms with Gasteiger partial charge in [-0.25, -0.2) is 9.97 Å². The van der Waals surface area contributed by atoms with Crippen LogP contribution < -0.4 is 21.1 Å². The number of nitrogens with zero attached hydrogens (tertiary/aromatic N) is 3. The minimum absolute atomic E-state index is 0.482. The second-order valence-electron chi connectivity index (χ2n) is 4.55. The van der Waals surface area contributed by atoms with Gasteiger partial charge in [-0.3, -0.25) is 0 Å². The Labute approximate surface area is 139 Å². The lowest BCUT2D eigenvalue weighted by atomic mass is 10.1. The third kappa shape index (κ3) is 3.76. The fourth-order valence-electron chi connectivity index (χ4n) is 1.97. The number of anilines is 3. The van der Waals surface area contributed by atoms with E-state index in [0.717, 1.165) is 5.56 Å². The van der Waals surface area contributed by atoms with Crippen molar-refractivity contribution in [3.05, 3.63) is 29.3 Å². The van der Waals surface area contributed by atoms with E-state index in [4.69, 9.17) is 15.7 Å². The number of nitriles is 1. The first-order valence-corrected chi connectivity index (χ1v) is 7.84. The lowest BCUT2D eigenvalue weighted by Gasteiger charge is -2.11. The topological polar surface area (TPSA) is 109 Å². The molecule has 0 spiro atoms. The highest BCUT2D eigenvalue weighted by Gasteiger charge is 2.11. The van der Waals surface area contributed by atoms with Crippen LogP contribution in [0.25, 0.3) is 0 Å². The maximum absolute atomic E-state index is 9.13. The molecule has 2 aromatic rings. The van der Waals surface area contributed by atoms with E-state index in [2.05, 4.69) is 26.7 Å². The summed E-state index contributed by atoms with van der Waals surface area (Å²) in [6, 6.07) is 7.64. The van der Waals surface area contributed by atoms with Crippen molar-refractivity contribution in [3.63, 3.8) is 0 Å². The molecular formula is C15H18N6OS. The van der Waals surface area contributed by atoms with Crippen LogP contribution in [0.1, 0.15) is 11.1 Å². The third-order valence-electron chi connectivity index (χ3n) is 3.15. The molecule has 0 saturated heterocycles. The van der Waals surface area contributed by atoms with E-state index < -0.39 is 0 Å². The Morgan fingerprint density at radius 3 is 2.43 bits per heavy atom. The van der Waals surface area contributed by atoms with Gasteiger partial charge in [0, 0.05) is 19.8 Å². The number of nitrogens with one attached hydrogen (secondary N) is 2. The summed E-state index contributed by atoms with van der Waals surface area (Å²) in [5.41, 5.74) is 7.92. The third-order valence-corrected chi connectivity index (χ3v) is 4.07. The van der Waals surface area contributed by atoms with Crippen molar-refractivity contribution in [1.82, 2.24) is 9.97 Å². The van der Waals surface area contributed by atoms with Gasteiger partial charge in [-0.05, 0) is 17.7 Å². The van der Waals surface area contributed by atoms with Crippen LogP contribution >= 0.6 is 11.8 Å². The molecule has 0 fully saturated rings. The molecule has 0 aliphatic heterocycles. The van der Waals surface area contributed by atoms with Crippen molar-refractivity contribution >= 4 is 29.1 Å².